The first kappa shape index (κ1) is 16.3. The summed E-state index contributed by atoms with van der Waals surface area (Å²) < 4.78 is 0. The van der Waals surface area contributed by atoms with E-state index >= 15 is 0 Å². The standard InChI is InChI=1S/C21H25N3O/c25-21(18-9-4-12-22-15-18)24-14-6-11-20(24)19-10-5-13-23(19)16-17-7-2-1-3-8-17/h1-4,7-9,12,15,19-20H,5-6,10-11,13-14,16H2/t19-,20+/m0/s1. The lowest BCUT2D eigenvalue weighted by atomic mass is 10.0. The van der Waals surface area contributed by atoms with Crippen LogP contribution in [0.15, 0.2) is 54.9 Å². The summed E-state index contributed by atoms with van der Waals surface area (Å²) in [7, 11) is 0. The Labute approximate surface area is 149 Å². The lowest BCUT2D eigenvalue weighted by molar-refractivity contribution is 0.0639. The van der Waals surface area contributed by atoms with Crippen molar-refractivity contribution in [3.05, 3.63) is 66.0 Å². The van der Waals surface area contributed by atoms with Crippen LogP contribution in [0.3, 0.4) is 0 Å². The van der Waals surface area contributed by atoms with Gasteiger partial charge in [0.05, 0.1) is 5.56 Å². The number of carbonyl (C=O) groups excluding carboxylic acids is 1. The molecule has 4 rings (SSSR count). The number of hydrogen-bond donors (Lipinski definition) is 0. The van der Waals surface area contributed by atoms with Crippen molar-refractivity contribution < 1.29 is 4.79 Å². The van der Waals surface area contributed by atoms with Gasteiger partial charge >= 0.3 is 0 Å². The van der Waals surface area contributed by atoms with Crippen LogP contribution in [0.25, 0.3) is 0 Å². The zero-order valence-electron chi connectivity index (χ0n) is 14.6. The van der Waals surface area contributed by atoms with Gasteiger partial charge in [-0.2, -0.15) is 0 Å². The van der Waals surface area contributed by atoms with Gasteiger partial charge in [0.2, 0.25) is 0 Å². The van der Waals surface area contributed by atoms with Crippen molar-refractivity contribution in [1.82, 2.24) is 14.8 Å². The average molecular weight is 335 g/mol. The molecule has 2 aliphatic heterocycles. The topological polar surface area (TPSA) is 36.4 Å². The highest BCUT2D eigenvalue weighted by Gasteiger charge is 2.39. The fourth-order valence-electron chi connectivity index (χ4n) is 4.40. The van der Waals surface area contributed by atoms with E-state index in [0.717, 1.165) is 32.5 Å². The Hall–Kier alpha value is -2.20. The SMILES string of the molecule is O=C(c1cccnc1)N1CCC[C@@H]1[C@@H]1CCCN1Cc1ccccc1. The number of aromatic nitrogens is 1. The first-order valence-corrected chi connectivity index (χ1v) is 9.32. The molecule has 0 aliphatic carbocycles. The minimum atomic E-state index is 0.141. The van der Waals surface area contributed by atoms with Gasteiger partial charge in [0.25, 0.3) is 5.91 Å². The molecule has 1 amide bonds. The normalized spacial score (nSPS) is 23.9. The Bertz CT molecular complexity index is 704. The quantitative estimate of drug-likeness (QED) is 0.860. The van der Waals surface area contributed by atoms with Gasteiger partial charge in [-0.1, -0.05) is 30.3 Å². The van der Waals surface area contributed by atoms with Gasteiger partial charge in [-0.3, -0.25) is 14.7 Å². The molecule has 130 valence electrons. The van der Waals surface area contributed by atoms with Crippen LogP contribution in [-0.4, -0.2) is 45.9 Å². The summed E-state index contributed by atoms with van der Waals surface area (Å²) in [6.45, 7) is 2.98. The Morgan fingerprint density at radius 2 is 1.80 bits per heavy atom. The van der Waals surface area contributed by atoms with Gasteiger partial charge in [0.15, 0.2) is 0 Å². The van der Waals surface area contributed by atoms with Crippen molar-refractivity contribution >= 4 is 5.91 Å². The third-order valence-electron chi connectivity index (χ3n) is 5.56. The van der Waals surface area contributed by atoms with Crippen LogP contribution in [-0.2, 0) is 6.54 Å². The lowest BCUT2D eigenvalue weighted by Crippen LogP contribution is -2.48. The molecule has 2 atom stereocenters. The highest BCUT2D eigenvalue weighted by atomic mass is 16.2. The minimum absolute atomic E-state index is 0.141. The van der Waals surface area contributed by atoms with Gasteiger partial charge in [0, 0.05) is 37.6 Å². The second-order valence-corrected chi connectivity index (χ2v) is 7.12. The van der Waals surface area contributed by atoms with Crippen LogP contribution in [0.2, 0.25) is 0 Å². The van der Waals surface area contributed by atoms with Crippen molar-refractivity contribution in [1.29, 1.82) is 0 Å². The summed E-state index contributed by atoms with van der Waals surface area (Å²) in [5.74, 6) is 0.141. The summed E-state index contributed by atoms with van der Waals surface area (Å²) >= 11 is 0. The molecule has 4 heteroatoms. The number of carbonyl (C=O) groups is 1. The van der Waals surface area contributed by atoms with Gasteiger partial charge in [-0.15, -0.1) is 0 Å². The first-order chi connectivity index (χ1) is 12.3. The highest BCUT2D eigenvalue weighted by molar-refractivity contribution is 5.94. The van der Waals surface area contributed by atoms with Crippen molar-refractivity contribution in [2.45, 2.75) is 44.3 Å². The van der Waals surface area contributed by atoms with E-state index in [9.17, 15) is 4.79 Å². The number of benzene rings is 1. The summed E-state index contributed by atoms with van der Waals surface area (Å²) in [6.07, 6.45) is 8.04. The Morgan fingerprint density at radius 3 is 2.60 bits per heavy atom. The van der Waals surface area contributed by atoms with E-state index in [0.29, 0.717) is 17.6 Å². The molecular formula is C21H25N3O. The Kier molecular flexibility index (Phi) is 4.79. The molecule has 3 heterocycles. The Morgan fingerprint density at radius 1 is 1.00 bits per heavy atom. The molecule has 1 aromatic carbocycles. The molecular weight excluding hydrogens is 310 g/mol. The van der Waals surface area contributed by atoms with Gasteiger partial charge in [-0.25, -0.2) is 0 Å². The van der Waals surface area contributed by atoms with Crippen LogP contribution in [0.1, 0.15) is 41.6 Å². The molecule has 1 aromatic heterocycles. The second-order valence-electron chi connectivity index (χ2n) is 7.12. The van der Waals surface area contributed by atoms with E-state index in [1.165, 1.54) is 18.4 Å². The van der Waals surface area contributed by atoms with E-state index in [4.69, 9.17) is 0 Å². The third kappa shape index (κ3) is 3.45. The molecule has 2 aliphatic rings. The fraction of sp³-hybridized carbons (Fsp3) is 0.429. The van der Waals surface area contributed by atoms with Gasteiger partial charge < -0.3 is 4.90 Å². The summed E-state index contributed by atoms with van der Waals surface area (Å²) in [5, 5.41) is 0. The molecule has 2 fully saturated rings. The van der Waals surface area contributed by atoms with Gasteiger partial charge in [0.1, 0.15) is 0 Å². The summed E-state index contributed by atoms with van der Waals surface area (Å²) in [4.78, 5) is 21.7. The fourth-order valence-corrected chi connectivity index (χ4v) is 4.40. The van der Waals surface area contributed by atoms with E-state index in [1.807, 2.05) is 12.1 Å². The molecule has 0 spiro atoms. The molecule has 25 heavy (non-hydrogen) atoms. The number of likely N-dealkylation sites (tertiary alicyclic amines) is 2. The maximum atomic E-state index is 12.9. The van der Waals surface area contributed by atoms with E-state index in [2.05, 4.69) is 45.1 Å². The number of pyridine rings is 1. The van der Waals surface area contributed by atoms with Crippen LogP contribution in [0.4, 0.5) is 0 Å². The lowest BCUT2D eigenvalue weighted by Gasteiger charge is -2.35. The minimum Gasteiger partial charge on any atom is -0.334 e. The zero-order valence-corrected chi connectivity index (χ0v) is 14.6. The molecule has 0 saturated carbocycles. The van der Waals surface area contributed by atoms with Crippen LogP contribution < -0.4 is 0 Å². The molecule has 0 N–H and O–H groups in total. The molecule has 0 bridgehead atoms. The second kappa shape index (κ2) is 7.36. The molecule has 2 aromatic rings. The van der Waals surface area contributed by atoms with Crippen molar-refractivity contribution in [2.75, 3.05) is 13.1 Å². The van der Waals surface area contributed by atoms with E-state index in [-0.39, 0.29) is 5.91 Å². The summed E-state index contributed by atoms with van der Waals surface area (Å²) in [5.41, 5.74) is 2.07. The summed E-state index contributed by atoms with van der Waals surface area (Å²) in [6, 6.07) is 15.2. The Balaban J connectivity index is 1.50. The molecule has 2 saturated heterocycles. The highest BCUT2D eigenvalue weighted by Crippen LogP contribution is 2.31. The number of hydrogen-bond acceptors (Lipinski definition) is 3. The maximum absolute atomic E-state index is 12.9. The predicted octanol–water partition coefficient (Wildman–Crippen LogP) is 3.35. The maximum Gasteiger partial charge on any atom is 0.255 e. The van der Waals surface area contributed by atoms with E-state index < -0.39 is 0 Å². The molecule has 0 unspecified atom stereocenters. The van der Waals surface area contributed by atoms with Crippen LogP contribution in [0.5, 0.6) is 0 Å². The predicted molar refractivity (Wildman–Crippen MR) is 98.2 cm³/mol. The number of nitrogens with zero attached hydrogens (tertiary/aromatic N) is 3. The monoisotopic (exact) mass is 335 g/mol. The zero-order chi connectivity index (χ0) is 17.1. The number of rotatable bonds is 4. The van der Waals surface area contributed by atoms with Gasteiger partial charge in [-0.05, 0) is 49.9 Å². The van der Waals surface area contributed by atoms with Crippen LogP contribution in [0, 0.1) is 0 Å². The molecule has 0 radical (unpaired) electrons. The average Bonchev–Trinajstić information content (AvgIpc) is 3.31. The van der Waals surface area contributed by atoms with E-state index in [1.54, 1.807) is 12.4 Å². The smallest absolute Gasteiger partial charge is 0.255 e. The van der Waals surface area contributed by atoms with Crippen molar-refractivity contribution in [3.63, 3.8) is 0 Å². The molecule has 4 nitrogen and oxygen atoms in total. The first-order valence-electron chi connectivity index (χ1n) is 9.32. The van der Waals surface area contributed by atoms with Crippen molar-refractivity contribution in [3.8, 4) is 0 Å². The largest absolute Gasteiger partial charge is 0.334 e. The number of amides is 1. The third-order valence-corrected chi connectivity index (χ3v) is 5.56. The van der Waals surface area contributed by atoms with Crippen molar-refractivity contribution in [2.24, 2.45) is 0 Å². The van der Waals surface area contributed by atoms with Crippen LogP contribution >= 0.6 is 0 Å².